The van der Waals surface area contributed by atoms with Gasteiger partial charge in [-0.1, -0.05) is 23.2 Å². The van der Waals surface area contributed by atoms with Gasteiger partial charge in [0, 0.05) is 32.7 Å². The SMILES string of the molecule is CC(C)(C)OC(=O)N1CCN(Cc2nc(Cl)ccc2Cl)CC1. The Bertz CT molecular complexity index is 538. The average Bonchev–Trinajstić information content (AvgIpc) is 2.42. The first-order valence-electron chi connectivity index (χ1n) is 7.26. The quantitative estimate of drug-likeness (QED) is 0.770. The van der Waals surface area contributed by atoms with Crippen LogP contribution in [0.5, 0.6) is 0 Å². The molecule has 0 N–H and O–H groups in total. The predicted molar refractivity (Wildman–Crippen MR) is 87.3 cm³/mol. The van der Waals surface area contributed by atoms with Crippen LogP contribution >= 0.6 is 23.2 Å². The monoisotopic (exact) mass is 345 g/mol. The van der Waals surface area contributed by atoms with Gasteiger partial charge >= 0.3 is 6.09 Å². The van der Waals surface area contributed by atoms with E-state index in [9.17, 15) is 4.79 Å². The molecule has 0 bridgehead atoms. The van der Waals surface area contributed by atoms with Gasteiger partial charge in [0.1, 0.15) is 10.8 Å². The maximum Gasteiger partial charge on any atom is 0.410 e. The van der Waals surface area contributed by atoms with Crippen molar-refractivity contribution in [2.45, 2.75) is 32.9 Å². The lowest BCUT2D eigenvalue weighted by atomic mass is 10.2. The molecule has 0 radical (unpaired) electrons. The summed E-state index contributed by atoms with van der Waals surface area (Å²) in [6, 6.07) is 3.43. The van der Waals surface area contributed by atoms with Gasteiger partial charge in [0.15, 0.2) is 0 Å². The molecule has 1 fully saturated rings. The Labute approximate surface area is 141 Å². The van der Waals surface area contributed by atoms with E-state index in [1.807, 2.05) is 20.8 Å². The topological polar surface area (TPSA) is 45.7 Å². The summed E-state index contributed by atoms with van der Waals surface area (Å²) in [7, 11) is 0. The van der Waals surface area contributed by atoms with Crippen LogP contribution in [0.1, 0.15) is 26.5 Å². The maximum absolute atomic E-state index is 12.0. The van der Waals surface area contributed by atoms with E-state index in [0.29, 0.717) is 29.8 Å². The van der Waals surface area contributed by atoms with Crippen molar-refractivity contribution >= 4 is 29.3 Å². The van der Waals surface area contributed by atoms with Crippen LogP contribution in [0.3, 0.4) is 0 Å². The number of aromatic nitrogens is 1. The third-order valence-electron chi connectivity index (χ3n) is 3.28. The van der Waals surface area contributed by atoms with Gasteiger partial charge in [-0.25, -0.2) is 9.78 Å². The molecule has 0 atom stereocenters. The number of ether oxygens (including phenoxy) is 1. The highest BCUT2D eigenvalue weighted by molar-refractivity contribution is 6.32. The van der Waals surface area contributed by atoms with Crippen molar-refractivity contribution < 1.29 is 9.53 Å². The fourth-order valence-electron chi connectivity index (χ4n) is 2.20. The zero-order chi connectivity index (χ0) is 16.3. The summed E-state index contributed by atoms with van der Waals surface area (Å²) in [4.78, 5) is 20.2. The number of nitrogens with zero attached hydrogens (tertiary/aromatic N) is 3. The first kappa shape index (κ1) is 17.3. The van der Waals surface area contributed by atoms with E-state index in [-0.39, 0.29) is 6.09 Å². The number of amides is 1. The lowest BCUT2D eigenvalue weighted by molar-refractivity contribution is 0.0138. The molecular weight excluding hydrogens is 325 g/mol. The second kappa shape index (κ2) is 7.02. The van der Waals surface area contributed by atoms with Crippen LogP contribution < -0.4 is 0 Å². The molecular formula is C15H21Cl2N3O2. The highest BCUT2D eigenvalue weighted by Crippen LogP contribution is 2.19. The van der Waals surface area contributed by atoms with Gasteiger partial charge < -0.3 is 9.64 Å². The summed E-state index contributed by atoms with van der Waals surface area (Å²) in [5, 5.41) is 1.05. The Morgan fingerprint density at radius 1 is 1.23 bits per heavy atom. The molecule has 1 aromatic rings. The van der Waals surface area contributed by atoms with Crippen molar-refractivity contribution in [3.63, 3.8) is 0 Å². The summed E-state index contributed by atoms with van der Waals surface area (Å²) >= 11 is 12.0. The van der Waals surface area contributed by atoms with Crippen LogP contribution in [0.2, 0.25) is 10.2 Å². The zero-order valence-electron chi connectivity index (χ0n) is 13.1. The number of carbonyl (C=O) groups is 1. The second-order valence-electron chi connectivity index (χ2n) is 6.31. The van der Waals surface area contributed by atoms with Crippen LogP contribution in [-0.2, 0) is 11.3 Å². The van der Waals surface area contributed by atoms with Gasteiger partial charge in [0.05, 0.1) is 10.7 Å². The van der Waals surface area contributed by atoms with Crippen molar-refractivity contribution in [1.82, 2.24) is 14.8 Å². The number of pyridine rings is 1. The van der Waals surface area contributed by atoms with Gasteiger partial charge in [0.2, 0.25) is 0 Å². The van der Waals surface area contributed by atoms with Crippen LogP contribution in [0, 0.1) is 0 Å². The lowest BCUT2D eigenvalue weighted by Gasteiger charge is -2.35. The molecule has 1 amide bonds. The lowest BCUT2D eigenvalue weighted by Crippen LogP contribution is -2.49. The number of rotatable bonds is 2. The Balaban J connectivity index is 1.87. The molecule has 22 heavy (non-hydrogen) atoms. The van der Waals surface area contributed by atoms with Crippen LogP contribution in [-0.4, -0.2) is 52.7 Å². The third-order valence-corrected chi connectivity index (χ3v) is 3.84. The first-order chi connectivity index (χ1) is 10.2. The minimum Gasteiger partial charge on any atom is -0.444 e. The molecule has 2 heterocycles. The number of hydrogen-bond donors (Lipinski definition) is 0. The first-order valence-corrected chi connectivity index (χ1v) is 8.01. The molecule has 7 heteroatoms. The van der Waals surface area contributed by atoms with Gasteiger partial charge in [-0.05, 0) is 32.9 Å². The number of halogens is 2. The van der Waals surface area contributed by atoms with E-state index in [0.717, 1.165) is 18.8 Å². The molecule has 0 saturated carbocycles. The standard InChI is InChI=1S/C15H21Cl2N3O2/c1-15(2,3)22-14(21)20-8-6-19(7-9-20)10-12-11(16)4-5-13(17)18-12/h4-5H,6-10H2,1-3H3. The molecule has 1 aliphatic heterocycles. The normalized spacial score (nSPS) is 16.7. The van der Waals surface area contributed by atoms with Crippen molar-refractivity contribution in [1.29, 1.82) is 0 Å². The van der Waals surface area contributed by atoms with Crippen LogP contribution in [0.25, 0.3) is 0 Å². The number of carbonyl (C=O) groups excluding carboxylic acids is 1. The average molecular weight is 346 g/mol. The largest absolute Gasteiger partial charge is 0.444 e. The minimum atomic E-state index is -0.466. The van der Waals surface area contributed by atoms with Gasteiger partial charge in [-0.3, -0.25) is 4.90 Å². The van der Waals surface area contributed by atoms with Crippen molar-refractivity contribution in [3.05, 3.63) is 28.0 Å². The molecule has 5 nitrogen and oxygen atoms in total. The highest BCUT2D eigenvalue weighted by atomic mass is 35.5. The molecule has 0 spiro atoms. The Kier molecular flexibility index (Phi) is 5.53. The molecule has 1 aliphatic rings. The van der Waals surface area contributed by atoms with E-state index in [2.05, 4.69) is 9.88 Å². The predicted octanol–water partition coefficient (Wildman–Crippen LogP) is 3.44. The molecule has 0 aromatic carbocycles. The van der Waals surface area contributed by atoms with E-state index in [4.69, 9.17) is 27.9 Å². The minimum absolute atomic E-state index is 0.258. The molecule has 2 rings (SSSR count). The van der Waals surface area contributed by atoms with E-state index in [1.54, 1.807) is 17.0 Å². The van der Waals surface area contributed by atoms with Crippen LogP contribution in [0.15, 0.2) is 12.1 Å². The maximum atomic E-state index is 12.0. The third kappa shape index (κ3) is 5.00. The zero-order valence-corrected chi connectivity index (χ0v) is 14.6. The van der Waals surface area contributed by atoms with Gasteiger partial charge in [-0.2, -0.15) is 0 Å². The summed E-state index contributed by atoms with van der Waals surface area (Å²) < 4.78 is 5.38. The fraction of sp³-hybridized carbons (Fsp3) is 0.600. The molecule has 1 aromatic heterocycles. The summed E-state index contributed by atoms with van der Waals surface area (Å²) in [5.74, 6) is 0. The molecule has 122 valence electrons. The summed E-state index contributed by atoms with van der Waals surface area (Å²) in [5.41, 5.74) is 0.298. The second-order valence-corrected chi connectivity index (χ2v) is 7.10. The smallest absolute Gasteiger partial charge is 0.410 e. The number of piperazine rings is 1. The van der Waals surface area contributed by atoms with Crippen LogP contribution in [0.4, 0.5) is 4.79 Å². The van der Waals surface area contributed by atoms with E-state index < -0.39 is 5.60 Å². The summed E-state index contributed by atoms with van der Waals surface area (Å²) in [6.45, 7) is 9.01. The van der Waals surface area contributed by atoms with Crippen molar-refractivity contribution in [3.8, 4) is 0 Å². The van der Waals surface area contributed by atoms with Gasteiger partial charge in [-0.15, -0.1) is 0 Å². The Morgan fingerprint density at radius 3 is 2.45 bits per heavy atom. The fourth-order valence-corrected chi connectivity index (χ4v) is 2.53. The van der Waals surface area contributed by atoms with E-state index in [1.165, 1.54) is 0 Å². The summed E-state index contributed by atoms with van der Waals surface area (Å²) in [6.07, 6.45) is -0.258. The molecule has 0 aliphatic carbocycles. The highest BCUT2D eigenvalue weighted by Gasteiger charge is 2.26. The van der Waals surface area contributed by atoms with E-state index >= 15 is 0 Å². The Hall–Kier alpha value is -1.04. The van der Waals surface area contributed by atoms with Crippen molar-refractivity contribution in [2.75, 3.05) is 26.2 Å². The Morgan fingerprint density at radius 2 is 1.86 bits per heavy atom. The van der Waals surface area contributed by atoms with Gasteiger partial charge in [0.25, 0.3) is 0 Å². The molecule has 1 saturated heterocycles. The van der Waals surface area contributed by atoms with Crippen molar-refractivity contribution in [2.24, 2.45) is 0 Å². The number of hydrogen-bond acceptors (Lipinski definition) is 4. The molecule has 0 unspecified atom stereocenters.